The molecule has 5 nitrogen and oxygen atoms in total. The van der Waals surface area contributed by atoms with Crippen LogP contribution in [0, 0.1) is 0 Å². The van der Waals surface area contributed by atoms with Crippen LogP contribution in [0.5, 0.6) is 0 Å². The number of aliphatic hydroxyl groups excluding tert-OH is 1. The Labute approximate surface area is 179 Å². The van der Waals surface area contributed by atoms with Gasteiger partial charge in [0.25, 0.3) is 11.7 Å². The molecule has 2 heterocycles. The SMILES string of the molecule is CCCN1C(=O)C(=O)/C(=C(/O)c2cccc3ccccc23)C1c1c[nH]c2ccccc12. The molecule has 2 N–H and O–H groups in total. The first-order chi connectivity index (χ1) is 15.1. The molecule has 0 spiro atoms. The second-order valence-electron chi connectivity index (χ2n) is 7.81. The molecule has 1 saturated heterocycles. The number of hydrogen-bond donors (Lipinski definition) is 2. The average Bonchev–Trinajstić information content (AvgIpc) is 3.33. The van der Waals surface area contributed by atoms with Crippen molar-refractivity contribution < 1.29 is 14.7 Å². The zero-order valence-electron chi connectivity index (χ0n) is 17.1. The molecule has 1 aliphatic rings. The van der Waals surface area contributed by atoms with Crippen molar-refractivity contribution >= 4 is 39.1 Å². The molecular weight excluding hydrogens is 388 g/mol. The molecule has 1 aromatic heterocycles. The zero-order valence-corrected chi connectivity index (χ0v) is 17.1. The predicted octanol–water partition coefficient (Wildman–Crippen LogP) is 5.15. The highest BCUT2D eigenvalue weighted by Crippen LogP contribution is 2.42. The van der Waals surface area contributed by atoms with E-state index in [0.29, 0.717) is 18.5 Å². The molecular formula is C26H22N2O3. The van der Waals surface area contributed by atoms with Gasteiger partial charge in [0.15, 0.2) is 0 Å². The largest absolute Gasteiger partial charge is 0.507 e. The summed E-state index contributed by atoms with van der Waals surface area (Å²) in [5.41, 5.74) is 2.42. The van der Waals surface area contributed by atoms with Gasteiger partial charge in [0.05, 0.1) is 11.6 Å². The number of para-hydroxylation sites is 1. The number of carbonyl (C=O) groups is 2. The van der Waals surface area contributed by atoms with E-state index < -0.39 is 17.7 Å². The number of nitrogens with zero attached hydrogens (tertiary/aromatic N) is 1. The van der Waals surface area contributed by atoms with Crippen LogP contribution in [0.1, 0.15) is 30.5 Å². The van der Waals surface area contributed by atoms with Crippen molar-refractivity contribution in [3.05, 3.63) is 89.6 Å². The molecule has 1 unspecified atom stereocenters. The summed E-state index contributed by atoms with van der Waals surface area (Å²) in [6, 6.07) is 20.4. The Morgan fingerprint density at radius 2 is 1.68 bits per heavy atom. The molecule has 0 saturated carbocycles. The van der Waals surface area contributed by atoms with Gasteiger partial charge in [0.2, 0.25) is 0 Å². The lowest BCUT2D eigenvalue weighted by molar-refractivity contribution is -0.139. The lowest BCUT2D eigenvalue weighted by Gasteiger charge is -2.24. The summed E-state index contributed by atoms with van der Waals surface area (Å²) in [4.78, 5) is 30.9. The number of H-pyrrole nitrogens is 1. The van der Waals surface area contributed by atoms with Crippen molar-refractivity contribution in [2.75, 3.05) is 6.54 Å². The van der Waals surface area contributed by atoms with Crippen molar-refractivity contribution in [2.45, 2.75) is 19.4 Å². The molecule has 154 valence electrons. The molecule has 4 aromatic rings. The van der Waals surface area contributed by atoms with E-state index in [1.807, 2.05) is 73.8 Å². The predicted molar refractivity (Wildman–Crippen MR) is 122 cm³/mol. The van der Waals surface area contributed by atoms with Gasteiger partial charge in [-0.15, -0.1) is 0 Å². The van der Waals surface area contributed by atoms with Gasteiger partial charge in [0.1, 0.15) is 5.76 Å². The highest BCUT2D eigenvalue weighted by Gasteiger charge is 2.46. The summed E-state index contributed by atoms with van der Waals surface area (Å²) in [6.07, 6.45) is 2.54. The molecule has 1 amide bonds. The number of hydrogen-bond acceptors (Lipinski definition) is 3. The fraction of sp³-hybridized carbons (Fsp3) is 0.154. The molecule has 1 fully saturated rings. The number of benzene rings is 3. The number of aromatic amines is 1. The van der Waals surface area contributed by atoms with E-state index in [1.165, 1.54) is 0 Å². The number of ketones is 1. The van der Waals surface area contributed by atoms with E-state index in [-0.39, 0.29) is 11.3 Å². The summed E-state index contributed by atoms with van der Waals surface area (Å²) in [6.45, 7) is 2.40. The molecule has 0 aliphatic carbocycles. The minimum absolute atomic E-state index is 0.135. The molecule has 5 heteroatoms. The van der Waals surface area contributed by atoms with Gasteiger partial charge in [-0.2, -0.15) is 0 Å². The molecule has 31 heavy (non-hydrogen) atoms. The molecule has 0 radical (unpaired) electrons. The van der Waals surface area contributed by atoms with Gasteiger partial charge in [-0.25, -0.2) is 0 Å². The van der Waals surface area contributed by atoms with Crippen molar-refractivity contribution in [3.63, 3.8) is 0 Å². The summed E-state index contributed by atoms with van der Waals surface area (Å²) in [7, 11) is 0. The second-order valence-corrected chi connectivity index (χ2v) is 7.81. The van der Waals surface area contributed by atoms with E-state index in [4.69, 9.17) is 0 Å². The second kappa shape index (κ2) is 7.43. The topological polar surface area (TPSA) is 73.4 Å². The van der Waals surface area contributed by atoms with Crippen LogP contribution in [0.2, 0.25) is 0 Å². The van der Waals surface area contributed by atoms with E-state index in [2.05, 4.69) is 4.98 Å². The average molecular weight is 410 g/mol. The maximum Gasteiger partial charge on any atom is 0.295 e. The monoisotopic (exact) mass is 410 g/mol. The highest BCUT2D eigenvalue weighted by molar-refractivity contribution is 6.46. The Morgan fingerprint density at radius 1 is 0.968 bits per heavy atom. The first kappa shape index (κ1) is 19.1. The Balaban J connectivity index is 1.78. The van der Waals surface area contributed by atoms with Crippen LogP contribution in [0.4, 0.5) is 0 Å². The van der Waals surface area contributed by atoms with Gasteiger partial charge in [-0.05, 0) is 23.3 Å². The first-order valence-corrected chi connectivity index (χ1v) is 10.4. The van der Waals surface area contributed by atoms with Crippen molar-refractivity contribution in [1.82, 2.24) is 9.88 Å². The molecule has 3 aromatic carbocycles. The van der Waals surface area contributed by atoms with Crippen molar-refractivity contribution in [2.24, 2.45) is 0 Å². The van der Waals surface area contributed by atoms with Gasteiger partial charge < -0.3 is 15.0 Å². The lowest BCUT2D eigenvalue weighted by atomic mass is 9.93. The number of Topliss-reactive ketones (excluding diaryl/α,β-unsaturated/α-hetero) is 1. The molecule has 0 bridgehead atoms. The number of fused-ring (bicyclic) bond motifs is 2. The molecule has 1 atom stereocenters. The van der Waals surface area contributed by atoms with Crippen LogP contribution in [-0.2, 0) is 9.59 Å². The summed E-state index contributed by atoms with van der Waals surface area (Å²) < 4.78 is 0. The normalized spacial score (nSPS) is 18.4. The minimum Gasteiger partial charge on any atom is -0.507 e. The maximum absolute atomic E-state index is 13.2. The fourth-order valence-corrected chi connectivity index (χ4v) is 4.57. The van der Waals surface area contributed by atoms with E-state index in [9.17, 15) is 14.7 Å². The Hall–Kier alpha value is -3.86. The summed E-state index contributed by atoms with van der Waals surface area (Å²) >= 11 is 0. The van der Waals surface area contributed by atoms with Gasteiger partial charge in [0, 0.05) is 34.8 Å². The minimum atomic E-state index is -0.644. The molecule has 5 rings (SSSR count). The van der Waals surface area contributed by atoms with Crippen molar-refractivity contribution in [1.29, 1.82) is 0 Å². The summed E-state index contributed by atoms with van der Waals surface area (Å²) in [5.74, 6) is -1.35. The van der Waals surface area contributed by atoms with Crippen LogP contribution < -0.4 is 0 Å². The van der Waals surface area contributed by atoms with E-state index in [1.54, 1.807) is 11.0 Å². The van der Waals surface area contributed by atoms with Crippen LogP contribution in [0.25, 0.3) is 27.4 Å². The Morgan fingerprint density at radius 3 is 2.48 bits per heavy atom. The smallest absolute Gasteiger partial charge is 0.295 e. The van der Waals surface area contributed by atoms with Crippen LogP contribution in [0.3, 0.4) is 0 Å². The number of rotatable bonds is 4. The van der Waals surface area contributed by atoms with Crippen LogP contribution in [0.15, 0.2) is 78.5 Å². The van der Waals surface area contributed by atoms with Gasteiger partial charge in [-0.1, -0.05) is 67.6 Å². The number of carbonyl (C=O) groups excluding carboxylic acids is 2. The highest BCUT2D eigenvalue weighted by atomic mass is 16.3. The third kappa shape index (κ3) is 2.93. The van der Waals surface area contributed by atoms with Gasteiger partial charge >= 0.3 is 0 Å². The number of nitrogens with one attached hydrogen (secondary N) is 1. The first-order valence-electron chi connectivity index (χ1n) is 10.4. The fourth-order valence-electron chi connectivity index (χ4n) is 4.57. The van der Waals surface area contributed by atoms with Gasteiger partial charge in [-0.3, -0.25) is 9.59 Å². The molecule has 1 aliphatic heterocycles. The van der Waals surface area contributed by atoms with Crippen LogP contribution in [-0.4, -0.2) is 33.2 Å². The quantitative estimate of drug-likeness (QED) is 0.277. The Bertz CT molecular complexity index is 1360. The van der Waals surface area contributed by atoms with E-state index in [0.717, 1.165) is 27.2 Å². The van der Waals surface area contributed by atoms with Crippen molar-refractivity contribution in [3.8, 4) is 0 Å². The third-order valence-corrected chi connectivity index (χ3v) is 5.97. The standard InChI is InChI=1S/C26H22N2O3/c1-2-14-28-23(20-15-27-21-13-6-5-11-18(20)21)22(25(30)26(28)31)24(29)19-12-7-9-16-8-3-4-10-17(16)19/h3-13,15,23,27,29H,2,14H2,1H3/b24-22+. The number of likely N-dealkylation sites (tertiary alicyclic amines) is 1. The number of aliphatic hydroxyl groups is 1. The van der Waals surface area contributed by atoms with Crippen LogP contribution >= 0.6 is 0 Å². The third-order valence-electron chi connectivity index (χ3n) is 5.97. The number of amides is 1. The summed E-state index contributed by atoms with van der Waals surface area (Å²) in [5, 5.41) is 14.1. The number of aromatic nitrogens is 1. The Kier molecular flexibility index (Phi) is 4.59. The van der Waals surface area contributed by atoms with E-state index >= 15 is 0 Å². The maximum atomic E-state index is 13.2. The lowest BCUT2D eigenvalue weighted by Crippen LogP contribution is -2.30. The zero-order chi connectivity index (χ0) is 21.5.